The Morgan fingerprint density at radius 2 is 2.03 bits per heavy atom. The number of nitrogens with one attached hydrogen (secondary N) is 1. The first-order valence-corrected chi connectivity index (χ1v) is 11.8. The van der Waals surface area contributed by atoms with Gasteiger partial charge in [0.15, 0.2) is 5.16 Å². The minimum absolute atomic E-state index is 0.110. The smallest absolute Gasteiger partial charge is 0.237 e. The van der Waals surface area contributed by atoms with Gasteiger partial charge in [-0.15, -0.1) is 10.2 Å². The number of nitriles is 1. The van der Waals surface area contributed by atoms with E-state index in [1.54, 1.807) is 24.3 Å². The first-order valence-electron chi connectivity index (χ1n) is 10.9. The zero-order valence-corrected chi connectivity index (χ0v) is 18.6. The predicted octanol–water partition coefficient (Wildman–Crippen LogP) is 3.44. The van der Waals surface area contributed by atoms with E-state index in [-0.39, 0.29) is 17.3 Å². The molecule has 1 N–H and O–H groups in total. The molecule has 2 saturated heterocycles. The summed E-state index contributed by atoms with van der Waals surface area (Å²) in [6.07, 6.45) is 5.87. The van der Waals surface area contributed by atoms with Crippen molar-refractivity contribution in [1.82, 2.24) is 14.8 Å². The second kappa shape index (κ2) is 10.2. The molecule has 0 aliphatic carbocycles. The number of thioether (sulfide) groups is 1. The normalized spacial score (nSPS) is 19.7. The Morgan fingerprint density at radius 1 is 1.26 bits per heavy atom. The van der Waals surface area contributed by atoms with Gasteiger partial charge in [0.1, 0.15) is 0 Å². The number of benzene rings is 1. The molecular formula is C22H28N6O2S. The molecule has 8 nitrogen and oxygen atoms in total. The van der Waals surface area contributed by atoms with E-state index in [9.17, 15) is 4.79 Å². The van der Waals surface area contributed by atoms with E-state index in [0.29, 0.717) is 17.8 Å². The molecule has 164 valence electrons. The van der Waals surface area contributed by atoms with Crippen molar-refractivity contribution in [2.24, 2.45) is 0 Å². The fourth-order valence-electron chi connectivity index (χ4n) is 3.93. The Bertz CT molecular complexity index is 926. The second-order valence-electron chi connectivity index (χ2n) is 8.01. The van der Waals surface area contributed by atoms with E-state index in [4.69, 9.17) is 10.00 Å². The minimum atomic E-state index is -0.350. The van der Waals surface area contributed by atoms with Gasteiger partial charge in [-0.3, -0.25) is 9.36 Å². The molecule has 4 rings (SSSR count). The Morgan fingerprint density at radius 3 is 2.71 bits per heavy atom. The zero-order chi connectivity index (χ0) is 21.6. The Kier molecular flexibility index (Phi) is 7.10. The summed E-state index contributed by atoms with van der Waals surface area (Å²) in [5, 5.41) is 21.2. The largest absolute Gasteiger partial charge is 0.376 e. The number of ether oxygens (including phenoxy) is 1. The summed E-state index contributed by atoms with van der Waals surface area (Å²) < 4.78 is 8.00. The van der Waals surface area contributed by atoms with Gasteiger partial charge in [-0.1, -0.05) is 11.8 Å². The number of anilines is 2. The molecule has 3 heterocycles. The maximum Gasteiger partial charge on any atom is 0.237 e. The molecule has 2 aromatic rings. The molecule has 0 spiro atoms. The maximum absolute atomic E-state index is 12.7. The molecule has 9 heteroatoms. The SMILES string of the molecule is CC(Sc1nnc(N2CCCCC2)n1CC1CCCO1)C(=O)Nc1ccc(C#N)cc1. The lowest BCUT2D eigenvalue weighted by Gasteiger charge is -2.28. The molecule has 2 atom stereocenters. The van der Waals surface area contributed by atoms with Crippen LogP contribution < -0.4 is 10.2 Å². The third kappa shape index (κ3) is 5.38. The van der Waals surface area contributed by atoms with Gasteiger partial charge in [-0.05, 0) is 63.3 Å². The van der Waals surface area contributed by atoms with Crippen LogP contribution in [0, 0.1) is 11.3 Å². The van der Waals surface area contributed by atoms with Crippen LogP contribution in [-0.2, 0) is 16.1 Å². The molecule has 1 amide bonds. The van der Waals surface area contributed by atoms with E-state index >= 15 is 0 Å². The molecule has 2 aliphatic heterocycles. The lowest BCUT2D eigenvalue weighted by molar-refractivity contribution is -0.115. The molecule has 0 saturated carbocycles. The topological polar surface area (TPSA) is 96.1 Å². The lowest BCUT2D eigenvalue weighted by atomic mass is 10.1. The van der Waals surface area contributed by atoms with Crippen LogP contribution in [0.3, 0.4) is 0 Å². The number of piperidine rings is 1. The number of carbonyl (C=O) groups is 1. The fraction of sp³-hybridized carbons (Fsp3) is 0.545. The summed E-state index contributed by atoms with van der Waals surface area (Å²) in [4.78, 5) is 15.0. The first kappa shape index (κ1) is 21.7. The third-order valence-corrected chi connectivity index (χ3v) is 6.76. The molecule has 2 aliphatic rings. The highest BCUT2D eigenvalue weighted by molar-refractivity contribution is 8.00. The van der Waals surface area contributed by atoms with Crippen LogP contribution in [-0.4, -0.2) is 51.7 Å². The minimum Gasteiger partial charge on any atom is -0.376 e. The lowest BCUT2D eigenvalue weighted by Crippen LogP contribution is -2.33. The van der Waals surface area contributed by atoms with Crippen molar-refractivity contribution in [2.45, 2.75) is 62.1 Å². The molecular weight excluding hydrogens is 412 g/mol. The van der Waals surface area contributed by atoms with Gasteiger partial charge in [0, 0.05) is 25.4 Å². The van der Waals surface area contributed by atoms with Crippen molar-refractivity contribution in [1.29, 1.82) is 5.26 Å². The number of nitrogens with zero attached hydrogens (tertiary/aromatic N) is 5. The van der Waals surface area contributed by atoms with Gasteiger partial charge < -0.3 is 15.0 Å². The quantitative estimate of drug-likeness (QED) is 0.659. The number of hydrogen-bond donors (Lipinski definition) is 1. The predicted molar refractivity (Wildman–Crippen MR) is 120 cm³/mol. The van der Waals surface area contributed by atoms with Gasteiger partial charge in [0.25, 0.3) is 0 Å². The monoisotopic (exact) mass is 440 g/mol. The van der Waals surface area contributed by atoms with Crippen molar-refractivity contribution in [3.63, 3.8) is 0 Å². The first-order chi connectivity index (χ1) is 15.1. The Hall–Kier alpha value is -2.57. The highest BCUT2D eigenvalue weighted by atomic mass is 32.2. The van der Waals surface area contributed by atoms with Crippen molar-refractivity contribution in [2.75, 3.05) is 29.9 Å². The average molecular weight is 441 g/mol. The molecule has 2 unspecified atom stereocenters. The summed E-state index contributed by atoms with van der Waals surface area (Å²) in [5.74, 6) is 0.776. The molecule has 1 aromatic carbocycles. The zero-order valence-electron chi connectivity index (χ0n) is 17.8. The summed E-state index contributed by atoms with van der Waals surface area (Å²) in [5.41, 5.74) is 1.24. The van der Waals surface area contributed by atoms with Crippen LogP contribution in [0.25, 0.3) is 0 Å². The highest BCUT2D eigenvalue weighted by Gasteiger charge is 2.26. The summed E-state index contributed by atoms with van der Waals surface area (Å²) in [6, 6.07) is 8.94. The summed E-state index contributed by atoms with van der Waals surface area (Å²) in [7, 11) is 0. The van der Waals surface area contributed by atoms with Crippen molar-refractivity contribution in [3.8, 4) is 6.07 Å². The summed E-state index contributed by atoms with van der Waals surface area (Å²) in [6.45, 7) is 5.37. The van der Waals surface area contributed by atoms with Crippen molar-refractivity contribution < 1.29 is 9.53 Å². The van der Waals surface area contributed by atoms with E-state index < -0.39 is 0 Å². The number of rotatable bonds is 7. The van der Waals surface area contributed by atoms with Crippen LogP contribution in [0.1, 0.15) is 44.6 Å². The average Bonchev–Trinajstić information content (AvgIpc) is 3.45. The van der Waals surface area contributed by atoms with Crippen LogP contribution in [0.4, 0.5) is 11.6 Å². The van der Waals surface area contributed by atoms with E-state index in [2.05, 4.69) is 31.1 Å². The van der Waals surface area contributed by atoms with Crippen molar-refractivity contribution >= 4 is 29.3 Å². The van der Waals surface area contributed by atoms with Gasteiger partial charge >= 0.3 is 0 Å². The third-order valence-electron chi connectivity index (χ3n) is 5.68. The van der Waals surface area contributed by atoms with Gasteiger partial charge in [0.2, 0.25) is 11.9 Å². The fourth-order valence-corrected chi connectivity index (χ4v) is 4.78. The van der Waals surface area contributed by atoms with Crippen LogP contribution in [0.2, 0.25) is 0 Å². The molecule has 1 aromatic heterocycles. The molecule has 2 fully saturated rings. The Balaban J connectivity index is 1.47. The number of carbonyl (C=O) groups excluding carboxylic acids is 1. The van der Waals surface area contributed by atoms with Crippen LogP contribution in [0.15, 0.2) is 29.4 Å². The number of hydrogen-bond acceptors (Lipinski definition) is 7. The second-order valence-corrected chi connectivity index (χ2v) is 9.32. The molecule has 0 radical (unpaired) electrons. The standard InChI is InChI=1S/C22H28N6O2S/c1-16(20(29)24-18-9-7-17(14-23)8-10-18)31-22-26-25-21(27-11-3-2-4-12-27)28(22)15-19-6-5-13-30-19/h7-10,16,19H,2-6,11-13,15H2,1H3,(H,24,29). The van der Waals surface area contributed by atoms with E-state index in [1.807, 2.05) is 6.92 Å². The number of aromatic nitrogens is 3. The van der Waals surface area contributed by atoms with E-state index in [1.165, 1.54) is 31.0 Å². The van der Waals surface area contributed by atoms with Crippen LogP contribution in [0.5, 0.6) is 0 Å². The van der Waals surface area contributed by atoms with Crippen LogP contribution >= 0.6 is 11.8 Å². The molecule has 0 bridgehead atoms. The van der Waals surface area contributed by atoms with Gasteiger partial charge in [-0.25, -0.2) is 0 Å². The van der Waals surface area contributed by atoms with Gasteiger partial charge in [0.05, 0.1) is 29.5 Å². The van der Waals surface area contributed by atoms with Crippen molar-refractivity contribution in [3.05, 3.63) is 29.8 Å². The Labute approximate surface area is 187 Å². The highest BCUT2D eigenvalue weighted by Crippen LogP contribution is 2.29. The van der Waals surface area contributed by atoms with E-state index in [0.717, 1.165) is 43.6 Å². The summed E-state index contributed by atoms with van der Waals surface area (Å²) >= 11 is 1.42. The van der Waals surface area contributed by atoms with Gasteiger partial charge in [-0.2, -0.15) is 5.26 Å². The molecule has 31 heavy (non-hydrogen) atoms. The number of amides is 1. The maximum atomic E-state index is 12.7.